The van der Waals surface area contributed by atoms with E-state index in [1.807, 2.05) is 12.1 Å². The van der Waals surface area contributed by atoms with Gasteiger partial charge in [-0.2, -0.15) is 0 Å². The van der Waals surface area contributed by atoms with Crippen LogP contribution in [0.5, 0.6) is 17.2 Å². The predicted octanol–water partition coefficient (Wildman–Crippen LogP) is 4.71. The number of hydrogen-bond donors (Lipinski definition) is 0. The molecular weight excluding hydrogens is 387 g/mol. The molecule has 6 heteroatoms. The molecule has 1 heterocycles. The largest absolute Gasteiger partial charge is 0.497 e. The number of carbonyl (C=O) groups is 2. The summed E-state index contributed by atoms with van der Waals surface area (Å²) in [5, 5.41) is 0. The van der Waals surface area contributed by atoms with E-state index in [9.17, 15) is 14.0 Å². The Labute approximate surface area is 172 Å². The monoisotopic (exact) mass is 404 g/mol. The summed E-state index contributed by atoms with van der Waals surface area (Å²) in [4.78, 5) is 24.7. The molecule has 1 aliphatic rings. The molecule has 0 bridgehead atoms. The van der Waals surface area contributed by atoms with Gasteiger partial charge < -0.3 is 14.2 Å². The van der Waals surface area contributed by atoms with Gasteiger partial charge in [-0.1, -0.05) is 12.1 Å². The molecule has 0 aliphatic carbocycles. The maximum atomic E-state index is 13.0. The molecular formula is C24H17FO5. The van der Waals surface area contributed by atoms with Crippen LogP contribution in [0.15, 0.2) is 72.5 Å². The average Bonchev–Trinajstić information content (AvgIpc) is 3.07. The van der Waals surface area contributed by atoms with E-state index in [1.54, 1.807) is 43.5 Å². The Morgan fingerprint density at radius 2 is 1.70 bits per heavy atom. The Morgan fingerprint density at radius 1 is 1.00 bits per heavy atom. The van der Waals surface area contributed by atoms with Crippen molar-refractivity contribution in [3.05, 3.63) is 95.0 Å². The van der Waals surface area contributed by atoms with Crippen LogP contribution < -0.4 is 14.2 Å². The van der Waals surface area contributed by atoms with Crippen LogP contribution in [0.25, 0.3) is 6.08 Å². The van der Waals surface area contributed by atoms with Crippen molar-refractivity contribution in [1.82, 2.24) is 0 Å². The van der Waals surface area contributed by atoms with Crippen molar-refractivity contribution in [3.8, 4) is 17.2 Å². The number of Topliss-reactive ketones (excluding diaryl/α,β-unsaturated/α-hetero) is 2. The van der Waals surface area contributed by atoms with Crippen molar-refractivity contribution in [2.45, 2.75) is 0 Å². The van der Waals surface area contributed by atoms with Crippen LogP contribution in [-0.2, 0) is 0 Å². The van der Waals surface area contributed by atoms with Crippen molar-refractivity contribution in [1.29, 1.82) is 0 Å². The van der Waals surface area contributed by atoms with Crippen molar-refractivity contribution >= 4 is 17.6 Å². The maximum Gasteiger partial charge on any atom is 0.231 e. The molecule has 0 radical (unpaired) electrons. The van der Waals surface area contributed by atoms with E-state index in [-0.39, 0.29) is 23.9 Å². The third-order valence-corrected chi connectivity index (χ3v) is 4.59. The first-order valence-corrected chi connectivity index (χ1v) is 9.17. The molecule has 3 aromatic carbocycles. The second kappa shape index (κ2) is 8.21. The van der Waals surface area contributed by atoms with E-state index in [0.717, 1.165) is 11.3 Å². The molecule has 4 rings (SSSR count). The predicted molar refractivity (Wildman–Crippen MR) is 109 cm³/mol. The normalized spacial score (nSPS) is 13.7. The highest BCUT2D eigenvalue weighted by Gasteiger charge is 2.27. The summed E-state index contributed by atoms with van der Waals surface area (Å²) in [5.74, 6) is 0.758. The number of rotatable bonds is 6. The number of methoxy groups -OCH3 is 1. The van der Waals surface area contributed by atoms with E-state index in [1.165, 1.54) is 24.3 Å². The second-order valence-electron chi connectivity index (χ2n) is 6.59. The summed E-state index contributed by atoms with van der Waals surface area (Å²) >= 11 is 0. The summed E-state index contributed by atoms with van der Waals surface area (Å²) in [6.07, 6.45) is 1.65. The second-order valence-corrected chi connectivity index (χ2v) is 6.59. The van der Waals surface area contributed by atoms with Crippen molar-refractivity contribution in [2.24, 2.45) is 0 Å². The first-order chi connectivity index (χ1) is 14.5. The maximum absolute atomic E-state index is 13.0. The Kier molecular flexibility index (Phi) is 5.30. The number of benzene rings is 3. The lowest BCUT2D eigenvalue weighted by Gasteiger charge is -2.07. The van der Waals surface area contributed by atoms with Crippen LogP contribution in [0.4, 0.5) is 4.39 Å². The number of ether oxygens (including phenoxy) is 3. The lowest BCUT2D eigenvalue weighted by Crippen LogP contribution is -2.11. The highest BCUT2D eigenvalue weighted by Crippen LogP contribution is 2.35. The molecule has 0 atom stereocenters. The van der Waals surface area contributed by atoms with Gasteiger partial charge in [-0.05, 0) is 60.2 Å². The lowest BCUT2D eigenvalue weighted by molar-refractivity contribution is 0.0920. The highest BCUT2D eigenvalue weighted by atomic mass is 19.1. The number of halogens is 1. The van der Waals surface area contributed by atoms with Crippen LogP contribution in [0.1, 0.15) is 26.3 Å². The molecule has 1 aliphatic heterocycles. The van der Waals surface area contributed by atoms with Crippen LogP contribution in [0, 0.1) is 5.82 Å². The van der Waals surface area contributed by atoms with Gasteiger partial charge in [0.25, 0.3) is 0 Å². The quantitative estimate of drug-likeness (QED) is 0.440. The highest BCUT2D eigenvalue weighted by molar-refractivity contribution is 6.14. The Balaban J connectivity index is 1.45. The molecule has 0 fully saturated rings. The van der Waals surface area contributed by atoms with Crippen molar-refractivity contribution < 1.29 is 28.2 Å². The fraction of sp³-hybridized carbons (Fsp3) is 0.0833. The molecule has 150 valence electrons. The van der Waals surface area contributed by atoms with Crippen LogP contribution in [-0.4, -0.2) is 25.3 Å². The Morgan fingerprint density at radius 3 is 2.40 bits per heavy atom. The van der Waals surface area contributed by atoms with Gasteiger partial charge in [-0.3, -0.25) is 9.59 Å². The number of hydrogen-bond acceptors (Lipinski definition) is 5. The van der Waals surface area contributed by atoms with E-state index in [2.05, 4.69) is 0 Å². The zero-order valence-electron chi connectivity index (χ0n) is 16.1. The van der Waals surface area contributed by atoms with E-state index < -0.39 is 5.82 Å². The Bertz CT molecular complexity index is 1130. The van der Waals surface area contributed by atoms with Gasteiger partial charge >= 0.3 is 0 Å². The fourth-order valence-electron chi connectivity index (χ4n) is 2.98. The fourth-order valence-corrected chi connectivity index (χ4v) is 2.98. The van der Waals surface area contributed by atoms with Gasteiger partial charge in [0.15, 0.2) is 18.1 Å². The van der Waals surface area contributed by atoms with Crippen LogP contribution in [0.2, 0.25) is 0 Å². The standard InChI is InChI=1S/C24H17FO5/c1-28-18-8-2-15(3-9-18)12-23-24(27)20-11-10-19(13-22(20)30-23)29-14-21(26)16-4-6-17(25)7-5-16/h2-13H,14H2,1H3/b23-12-. The summed E-state index contributed by atoms with van der Waals surface area (Å²) in [5.41, 5.74) is 1.58. The lowest BCUT2D eigenvalue weighted by atomic mass is 10.1. The van der Waals surface area contributed by atoms with Gasteiger partial charge in [0.05, 0.1) is 12.7 Å². The third kappa shape index (κ3) is 4.07. The molecule has 0 amide bonds. The van der Waals surface area contributed by atoms with Crippen LogP contribution >= 0.6 is 0 Å². The summed E-state index contributed by atoms with van der Waals surface area (Å²) in [6, 6.07) is 17.3. The number of fused-ring (bicyclic) bond motifs is 1. The average molecular weight is 404 g/mol. The number of carbonyl (C=O) groups excluding carboxylic acids is 2. The van der Waals surface area contributed by atoms with E-state index in [0.29, 0.717) is 22.6 Å². The van der Waals surface area contributed by atoms with Crippen molar-refractivity contribution in [3.63, 3.8) is 0 Å². The minimum atomic E-state index is -0.411. The molecule has 0 saturated heterocycles. The number of allylic oxidation sites excluding steroid dienone is 1. The van der Waals surface area contributed by atoms with Gasteiger partial charge in [0.1, 0.15) is 23.1 Å². The first-order valence-electron chi connectivity index (χ1n) is 9.17. The molecule has 5 nitrogen and oxygen atoms in total. The van der Waals surface area contributed by atoms with Crippen molar-refractivity contribution in [2.75, 3.05) is 13.7 Å². The number of ketones is 2. The molecule has 0 spiro atoms. The molecule has 0 unspecified atom stereocenters. The van der Waals surface area contributed by atoms with E-state index >= 15 is 0 Å². The summed E-state index contributed by atoms with van der Waals surface area (Å²) in [6.45, 7) is -0.215. The van der Waals surface area contributed by atoms with Gasteiger partial charge in [0.2, 0.25) is 5.78 Å². The molecule has 0 saturated carbocycles. The van der Waals surface area contributed by atoms with Crippen LogP contribution in [0.3, 0.4) is 0 Å². The zero-order valence-corrected chi connectivity index (χ0v) is 16.1. The minimum absolute atomic E-state index is 0.203. The van der Waals surface area contributed by atoms with E-state index in [4.69, 9.17) is 14.2 Å². The summed E-state index contributed by atoms with van der Waals surface area (Å²) in [7, 11) is 1.58. The first kappa shape index (κ1) is 19.4. The topological polar surface area (TPSA) is 61.8 Å². The summed E-state index contributed by atoms with van der Waals surface area (Å²) < 4.78 is 29.3. The Hall–Kier alpha value is -3.93. The molecule has 30 heavy (non-hydrogen) atoms. The van der Waals surface area contributed by atoms with Gasteiger partial charge in [-0.15, -0.1) is 0 Å². The SMILES string of the molecule is COc1ccc(/C=C2\Oc3cc(OCC(=O)c4ccc(F)cc4)ccc3C2=O)cc1. The minimum Gasteiger partial charge on any atom is -0.497 e. The molecule has 3 aromatic rings. The van der Waals surface area contributed by atoms with Gasteiger partial charge in [-0.25, -0.2) is 4.39 Å². The van der Waals surface area contributed by atoms with Gasteiger partial charge in [0, 0.05) is 11.6 Å². The third-order valence-electron chi connectivity index (χ3n) is 4.59. The molecule has 0 aromatic heterocycles. The smallest absolute Gasteiger partial charge is 0.231 e. The molecule has 0 N–H and O–H groups in total. The zero-order chi connectivity index (χ0) is 21.1.